The molecule has 9 heteroatoms. The topological polar surface area (TPSA) is 131 Å². The highest BCUT2D eigenvalue weighted by Gasteiger charge is 2.44. The zero-order chi connectivity index (χ0) is 19.9. The summed E-state index contributed by atoms with van der Waals surface area (Å²) in [5.74, 6) is -2.01. The summed E-state index contributed by atoms with van der Waals surface area (Å²) in [6.07, 6.45) is 1.03. The molecule has 148 valence electrons. The molecular weight excluding hydrogens is 364 g/mol. The van der Waals surface area contributed by atoms with E-state index in [2.05, 4.69) is 10.6 Å². The van der Waals surface area contributed by atoms with Gasteiger partial charge in [0.25, 0.3) is 11.8 Å². The molecule has 3 heterocycles. The van der Waals surface area contributed by atoms with Crippen LogP contribution in [0.4, 0.5) is 0 Å². The summed E-state index contributed by atoms with van der Waals surface area (Å²) in [6, 6.07) is 4.10. The summed E-state index contributed by atoms with van der Waals surface area (Å²) in [5.41, 5.74) is 7.23. The Hall–Kier alpha value is -2.62. The van der Waals surface area contributed by atoms with E-state index in [9.17, 15) is 19.2 Å². The zero-order valence-corrected chi connectivity index (χ0v) is 15.3. The van der Waals surface area contributed by atoms with E-state index in [-0.39, 0.29) is 29.5 Å². The van der Waals surface area contributed by atoms with E-state index in [1.165, 1.54) is 0 Å². The average molecular weight is 386 g/mol. The number of nitrogens with zero attached hydrogens (tertiary/aromatic N) is 1. The summed E-state index contributed by atoms with van der Waals surface area (Å²) < 4.78 is 5.33. The third-order valence-corrected chi connectivity index (χ3v) is 5.44. The van der Waals surface area contributed by atoms with Crippen molar-refractivity contribution in [3.63, 3.8) is 0 Å². The minimum Gasteiger partial charge on any atom is -0.379 e. The number of nitrogens with two attached hydrogens (primary N) is 1. The molecular formula is C19H22N4O5. The smallest absolute Gasteiger partial charge is 0.262 e. The Kier molecular flexibility index (Phi) is 4.74. The Bertz CT molecular complexity index is 862. The van der Waals surface area contributed by atoms with Crippen LogP contribution in [0, 0.1) is 0 Å². The third kappa shape index (κ3) is 3.32. The van der Waals surface area contributed by atoms with E-state index < -0.39 is 29.7 Å². The van der Waals surface area contributed by atoms with E-state index >= 15 is 0 Å². The predicted molar refractivity (Wildman–Crippen MR) is 97.2 cm³/mol. The molecule has 0 saturated carbocycles. The van der Waals surface area contributed by atoms with Crippen LogP contribution in [0.2, 0.25) is 0 Å². The van der Waals surface area contributed by atoms with Crippen molar-refractivity contribution in [2.75, 3.05) is 19.8 Å². The van der Waals surface area contributed by atoms with Crippen LogP contribution >= 0.6 is 0 Å². The number of benzene rings is 1. The van der Waals surface area contributed by atoms with Crippen molar-refractivity contribution in [2.45, 2.75) is 37.4 Å². The van der Waals surface area contributed by atoms with Gasteiger partial charge < -0.3 is 15.8 Å². The monoisotopic (exact) mass is 386 g/mol. The van der Waals surface area contributed by atoms with Gasteiger partial charge in [-0.05, 0) is 30.5 Å². The number of hydrogen-bond donors (Lipinski definition) is 3. The number of nitrogens with one attached hydrogen (secondary N) is 2. The molecule has 4 rings (SSSR count). The predicted octanol–water partition coefficient (Wildman–Crippen LogP) is -0.705. The van der Waals surface area contributed by atoms with Crippen LogP contribution in [0.3, 0.4) is 0 Å². The number of hydrogen-bond acceptors (Lipinski definition) is 7. The Balaban J connectivity index is 1.46. The molecule has 3 aliphatic rings. The lowest BCUT2D eigenvalue weighted by atomic mass is 10.00. The van der Waals surface area contributed by atoms with Gasteiger partial charge in [-0.25, -0.2) is 0 Å². The van der Waals surface area contributed by atoms with Crippen LogP contribution < -0.4 is 16.4 Å². The first kappa shape index (κ1) is 18.7. The Morgan fingerprint density at radius 1 is 1.21 bits per heavy atom. The second-order valence-corrected chi connectivity index (χ2v) is 7.60. The summed E-state index contributed by atoms with van der Waals surface area (Å²) >= 11 is 0. The van der Waals surface area contributed by atoms with E-state index in [0.717, 1.165) is 16.9 Å². The van der Waals surface area contributed by atoms with Crippen LogP contribution in [0.15, 0.2) is 18.2 Å². The highest BCUT2D eigenvalue weighted by atomic mass is 16.5. The van der Waals surface area contributed by atoms with E-state index in [1.807, 2.05) is 0 Å². The van der Waals surface area contributed by atoms with Gasteiger partial charge in [0.1, 0.15) is 6.04 Å². The molecule has 1 aromatic carbocycles. The Labute approximate surface area is 161 Å². The molecule has 28 heavy (non-hydrogen) atoms. The highest BCUT2D eigenvalue weighted by molar-refractivity contribution is 6.23. The maximum atomic E-state index is 12.8. The molecule has 4 amide bonds. The van der Waals surface area contributed by atoms with Crippen LogP contribution in [0.25, 0.3) is 0 Å². The van der Waals surface area contributed by atoms with Crippen LogP contribution in [-0.2, 0) is 20.9 Å². The largest absolute Gasteiger partial charge is 0.379 e. The van der Waals surface area contributed by atoms with Gasteiger partial charge in [0.15, 0.2) is 0 Å². The first-order valence-electron chi connectivity index (χ1n) is 9.30. The van der Waals surface area contributed by atoms with Gasteiger partial charge in [0.05, 0.1) is 23.3 Å². The quantitative estimate of drug-likeness (QED) is 0.570. The maximum Gasteiger partial charge on any atom is 0.262 e. The number of imide groups is 2. The molecule has 2 atom stereocenters. The standard InChI is InChI=1S/C19H22N4O5/c20-19(5-6-28-10-19)9-21-8-11-1-2-12-13(7-11)18(27)23(17(12)26)14-3-4-15(24)22-16(14)25/h1-2,7,14,21H,3-6,8-10,20H2,(H,22,24,25). The molecule has 0 spiro atoms. The lowest BCUT2D eigenvalue weighted by molar-refractivity contribution is -0.136. The molecule has 0 bridgehead atoms. The number of ether oxygens (including phenoxy) is 1. The van der Waals surface area contributed by atoms with Gasteiger partial charge in [0.2, 0.25) is 11.8 Å². The minimum absolute atomic E-state index is 0.101. The van der Waals surface area contributed by atoms with Crippen molar-refractivity contribution in [3.05, 3.63) is 34.9 Å². The van der Waals surface area contributed by atoms with Gasteiger partial charge in [-0.3, -0.25) is 29.4 Å². The average Bonchev–Trinajstić information content (AvgIpc) is 3.19. The molecule has 9 nitrogen and oxygen atoms in total. The third-order valence-electron chi connectivity index (χ3n) is 5.44. The zero-order valence-electron chi connectivity index (χ0n) is 15.3. The lowest BCUT2D eigenvalue weighted by Crippen LogP contribution is -2.54. The Morgan fingerprint density at radius 2 is 2.00 bits per heavy atom. The number of carbonyl (C=O) groups is 4. The summed E-state index contributed by atoms with van der Waals surface area (Å²) in [7, 11) is 0. The van der Waals surface area contributed by atoms with Crippen molar-refractivity contribution in [3.8, 4) is 0 Å². The number of piperidine rings is 1. The van der Waals surface area contributed by atoms with Gasteiger partial charge in [-0.1, -0.05) is 6.07 Å². The molecule has 2 saturated heterocycles. The first-order chi connectivity index (χ1) is 13.4. The number of fused-ring (bicyclic) bond motifs is 1. The molecule has 2 unspecified atom stereocenters. The van der Waals surface area contributed by atoms with E-state index in [4.69, 9.17) is 10.5 Å². The Morgan fingerprint density at radius 3 is 2.71 bits per heavy atom. The molecule has 0 aliphatic carbocycles. The minimum atomic E-state index is -0.953. The normalized spacial score (nSPS) is 27.3. The van der Waals surface area contributed by atoms with Crippen molar-refractivity contribution in [1.29, 1.82) is 0 Å². The van der Waals surface area contributed by atoms with E-state index in [0.29, 0.717) is 26.3 Å². The molecule has 0 aromatic heterocycles. The lowest BCUT2D eigenvalue weighted by Gasteiger charge is -2.27. The molecule has 0 radical (unpaired) electrons. The highest BCUT2D eigenvalue weighted by Crippen LogP contribution is 2.28. The first-order valence-corrected chi connectivity index (χ1v) is 9.30. The van der Waals surface area contributed by atoms with Crippen molar-refractivity contribution >= 4 is 23.6 Å². The molecule has 2 fully saturated rings. The second kappa shape index (κ2) is 7.08. The van der Waals surface area contributed by atoms with Gasteiger partial charge in [-0.15, -0.1) is 0 Å². The fourth-order valence-corrected chi connectivity index (χ4v) is 3.85. The summed E-state index contributed by atoms with van der Waals surface area (Å²) in [6.45, 7) is 2.24. The van der Waals surface area contributed by atoms with Crippen molar-refractivity contribution in [1.82, 2.24) is 15.5 Å². The van der Waals surface area contributed by atoms with Gasteiger partial charge >= 0.3 is 0 Å². The molecule has 4 N–H and O–H groups in total. The second-order valence-electron chi connectivity index (χ2n) is 7.60. The van der Waals surface area contributed by atoms with E-state index in [1.54, 1.807) is 18.2 Å². The van der Waals surface area contributed by atoms with Gasteiger partial charge in [0, 0.05) is 26.1 Å². The number of carbonyl (C=O) groups excluding carboxylic acids is 4. The van der Waals surface area contributed by atoms with Crippen LogP contribution in [0.5, 0.6) is 0 Å². The number of amides is 4. The fourth-order valence-electron chi connectivity index (χ4n) is 3.85. The van der Waals surface area contributed by atoms with Crippen LogP contribution in [-0.4, -0.2) is 59.9 Å². The van der Waals surface area contributed by atoms with Crippen molar-refractivity contribution < 1.29 is 23.9 Å². The number of rotatable bonds is 5. The molecule has 1 aromatic rings. The van der Waals surface area contributed by atoms with Crippen molar-refractivity contribution in [2.24, 2.45) is 5.73 Å². The van der Waals surface area contributed by atoms with Crippen LogP contribution in [0.1, 0.15) is 45.5 Å². The summed E-state index contributed by atoms with van der Waals surface area (Å²) in [5, 5.41) is 5.46. The summed E-state index contributed by atoms with van der Waals surface area (Å²) in [4.78, 5) is 49.9. The fraction of sp³-hybridized carbons (Fsp3) is 0.474. The molecule has 3 aliphatic heterocycles. The SMILES string of the molecule is NC1(CNCc2ccc3c(c2)C(=O)N(C2CCC(=O)NC2=O)C3=O)CCOC1. The van der Waals surface area contributed by atoms with Gasteiger partial charge in [-0.2, -0.15) is 0 Å². The maximum absolute atomic E-state index is 12.8.